The molecule has 5 nitrogen and oxygen atoms in total. The lowest BCUT2D eigenvalue weighted by molar-refractivity contribution is 0.0734. The van der Waals surface area contributed by atoms with Crippen LogP contribution in [0.5, 0.6) is 11.5 Å². The summed E-state index contributed by atoms with van der Waals surface area (Å²) < 4.78 is 10.8. The Balaban J connectivity index is 1.80. The zero-order valence-corrected chi connectivity index (χ0v) is 15.2. The van der Waals surface area contributed by atoms with Crippen molar-refractivity contribution < 1.29 is 14.3 Å². The second kappa shape index (κ2) is 7.05. The third-order valence-corrected chi connectivity index (χ3v) is 4.64. The fourth-order valence-electron chi connectivity index (χ4n) is 3.14. The number of hydrogen-bond donors (Lipinski definition) is 0. The Bertz CT molecular complexity index is 769. The van der Waals surface area contributed by atoms with Crippen LogP contribution in [0.1, 0.15) is 21.5 Å². The largest absolute Gasteiger partial charge is 0.493 e. The number of carbonyl (C=O) groups is 1. The van der Waals surface area contributed by atoms with Gasteiger partial charge < -0.3 is 19.3 Å². The molecule has 0 saturated heterocycles. The maximum atomic E-state index is 12.8. The summed E-state index contributed by atoms with van der Waals surface area (Å²) in [6.45, 7) is 1.29. The van der Waals surface area contributed by atoms with Crippen LogP contribution in [0.4, 0.5) is 5.69 Å². The van der Waals surface area contributed by atoms with Crippen molar-refractivity contribution in [3.8, 4) is 11.5 Å². The molecule has 1 aliphatic rings. The average molecular weight is 340 g/mol. The third kappa shape index (κ3) is 3.40. The van der Waals surface area contributed by atoms with Crippen LogP contribution in [0, 0.1) is 0 Å². The number of ether oxygens (including phenoxy) is 2. The zero-order valence-electron chi connectivity index (χ0n) is 15.2. The second-order valence-electron chi connectivity index (χ2n) is 6.39. The Labute approximate surface area is 148 Å². The normalized spacial score (nSPS) is 13.2. The van der Waals surface area contributed by atoms with Gasteiger partial charge in [0.1, 0.15) is 0 Å². The number of amides is 1. The molecular formula is C20H24N2O3. The lowest BCUT2D eigenvalue weighted by Crippen LogP contribution is -2.36. The summed E-state index contributed by atoms with van der Waals surface area (Å²) in [7, 11) is 7.24. The average Bonchev–Trinajstić information content (AvgIpc) is 2.65. The minimum absolute atomic E-state index is 0.0609. The van der Waals surface area contributed by atoms with E-state index in [9.17, 15) is 4.79 Å². The lowest BCUT2D eigenvalue weighted by atomic mass is 9.98. The molecule has 132 valence electrons. The number of rotatable bonds is 4. The maximum absolute atomic E-state index is 12.8. The molecule has 0 aromatic heterocycles. The summed E-state index contributed by atoms with van der Waals surface area (Å²) in [6, 6.07) is 11.7. The highest BCUT2D eigenvalue weighted by atomic mass is 16.5. The van der Waals surface area contributed by atoms with Gasteiger partial charge in [-0.15, -0.1) is 0 Å². The Hall–Kier alpha value is -2.69. The number of benzene rings is 2. The molecule has 2 aromatic carbocycles. The van der Waals surface area contributed by atoms with Gasteiger partial charge in [-0.2, -0.15) is 0 Å². The van der Waals surface area contributed by atoms with Gasteiger partial charge in [0.15, 0.2) is 11.5 Å². The van der Waals surface area contributed by atoms with E-state index in [-0.39, 0.29) is 5.91 Å². The number of anilines is 1. The molecule has 0 bridgehead atoms. The van der Waals surface area contributed by atoms with Crippen LogP contribution < -0.4 is 14.4 Å². The quantitative estimate of drug-likeness (QED) is 0.858. The molecule has 0 radical (unpaired) electrons. The van der Waals surface area contributed by atoms with Crippen LogP contribution in [0.25, 0.3) is 0 Å². The Morgan fingerprint density at radius 1 is 1.00 bits per heavy atom. The van der Waals surface area contributed by atoms with Gasteiger partial charge in [-0.1, -0.05) is 0 Å². The molecule has 0 N–H and O–H groups in total. The van der Waals surface area contributed by atoms with Crippen molar-refractivity contribution in [1.82, 2.24) is 4.90 Å². The number of carbonyl (C=O) groups excluding carboxylic acids is 1. The SMILES string of the molecule is COc1cc2c(cc1OC)CN(C(=O)c1ccc(N(C)C)cc1)CC2. The molecule has 0 unspecified atom stereocenters. The first-order valence-electron chi connectivity index (χ1n) is 8.34. The van der Waals surface area contributed by atoms with Crippen LogP contribution in [-0.2, 0) is 13.0 Å². The molecule has 0 saturated carbocycles. The van der Waals surface area contributed by atoms with Crippen molar-refractivity contribution in [3.63, 3.8) is 0 Å². The number of nitrogens with zero attached hydrogens (tertiary/aromatic N) is 2. The summed E-state index contributed by atoms with van der Waals surface area (Å²) in [5.41, 5.74) is 4.12. The van der Waals surface area contributed by atoms with Gasteiger partial charge in [-0.25, -0.2) is 0 Å². The van der Waals surface area contributed by atoms with Crippen molar-refractivity contribution in [3.05, 3.63) is 53.1 Å². The van der Waals surface area contributed by atoms with E-state index in [1.54, 1.807) is 14.2 Å². The van der Waals surface area contributed by atoms with E-state index in [4.69, 9.17) is 9.47 Å². The summed E-state index contributed by atoms with van der Waals surface area (Å²) >= 11 is 0. The molecule has 5 heteroatoms. The summed E-state index contributed by atoms with van der Waals surface area (Å²) in [5.74, 6) is 1.50. The summed E-state index contributed by atoms with van der Waals surface area (Å²) in [5, 5.41) is 0. The van der Waals surface area contributed by atoms with Gasteiger partial charge >= 0.3 is 0 Å². The fourth-order valence-corrected chi connectivity index (χ4v) is 3.14. The van der Waals surface area contributed by atoms with Crippen LogP contribution in [0.2, 0.25) is 0 Å². The fraction of sp³-hybridized carbons (Fsp3) is 0.350. The number of fused-ring (bicyclic) bond motifs is 1. The smallest absolute Gasteiger partial charge is 0.254 e. The third-order valence-electron chi connectivity index (χ3n) is 4.64. The van der Waals surface area contributed by atoms with Gasteiger partial charge in [0.25, 0.3) is 5.91 Å². The Morgan fingerprint density at radius 2 is 1.60 bits per heavy atom. The van der Waals surface area contributed by atoms with E-state index in [2.05, 4.69) is 0 Å². The van der Waals surface area contributed by atoms with Crippen LogP contribution >= 0.6 is 0 Å². The van der Waals surface area contributed by atoms with Gasteiger partial charge in [0.2, 0.25) is 0 Å². The minimum Gasteiger partial charge on any atom is -0.493 e. The number of hydrogen-bond acceptors (Lipinski definition) is 4. The van der Waals surface area contributed by atoms with E-state index in [1.807, 2.05) is 60.3 Å². The van der Waals surface area contributed by atoms with Crippen molar-refractivity contribution in [1.29, 1.82) is 0 Å². The van der Waals surface area contributed by atoms with Crippen LogP contribution in [-0.4, -0.2) is 45.7 Å². The van der Waals surface area contributed by atoms with Crippen molar-refractivity contribution in [2.24, 2.45) is 0 Å². The van der Waals surface area contributed by atoms with Gasteiger partial charge in [-0.05, 0) is 53.9 Å². The van der Waals surface area contributed by atoms with Crippen molar-refractivity contribution in [2.45, 2.75) is 13.0 Å². The predicted molar refractivity (Wildman–Crippen MR) is 98.8 cm³/mol. The Kier molecular flexibility index (Phi) is 4.83. The molecule has 0 aliphatic carbocycles. The molecule has 1 amide bonds. The topological polar surface area (TPSA) is 42.0 Å². The molecule has 1 heterocycles. The van der Waals surface area contributed by atoms with E-state index < -0.39 is 0 Å². The van der Waals surface area contributed by atoms with Crippen LogP contribution in [0.3, 0.4) is 0 Å². The molecule has 3 rings (SSSR count). The molecule has 2 aromatic rings. The molecule has 25 heavy (non-hydrogen) atoms. The minimum atomic E-state index is 0.0609. The maximum Gasteiger partial charge on any atom is 0.254 e. The first kappa shape index (κ1) is 17.1. The van der Waals surface area contributed by atoms with E-state index in [0.29, 0.717) is 18.8 Å². The Morgan fingerprint density at radius 3 is 2.16 bits per heavy atom. The highest BCUT2D eigenvalue weighted by Gasteiger charge is 2.23. The second-order valence-corrected chi connectivity index (χ2v) is 6.39. The van der Waals surface area contributed by atoms with E-state index in [0.717, 1.165) is 29.0 Å². The van der Waals surface area contributed by atoms with Crippen molar-refractivity contribution in [2.75, 3.05) is 39.8 Å². The lowest BCUT2D eigenvalue weighted by Gasteiger charge is -2.30. The van der Waals surface area contributed by atoms with Gasteiger partial charge in [0, 0.05) is 38.4 Å². The highest BCUT2D eigenvalue weighted by molar-refractivity contribution is 5.94. The molecule has 0 spiro atoms. The van der Waals surface area contributed by atoms with E-state index >= 15 is 0 Å². The standard InChI is InChI=1S/C20H24N2O3/c1-21(2)17-7-5-14(6-8-17)20(23)22-10-9-15-11-18(24-3)19(25-4)12-16(15)13-22/h5-8,11-12H,9-10,13H2,1-4H3. The van der Waals surface area contributed by atoms with Gasteiger partial charge in [-0.3, -0.25) is 4.79 Å². The van der Waals surface area contributed by atoms with Gasteiger partial charge in [0.05, 0.1) is 14.2 Å². The molecular weight excluding hydrogens is 316 g/mol. The molecule has 1 aliphatic heterocycles. The zero-order chi connectivity index (χ0) is 18.0. The highest BCUT2D eigenvalue weighted by Crippen LogP contribution is 2.33. The molecule has 0 atom stereocenters. The summed E-state index contributed by atoms with van der Waals surface area (Å²) in [6.07, 6.45) is 0.817. The molecule has 0 fully saturated rings. The van der Waals surface area contributed by atoms with Crippen molar-refractivity contribution >= 4 is 11.6 Å². The first-order chi connectivity index (χ1) is 12.0. The first-order valence-corrected chi connectivity index (χ1v) is 8.34. The predicted octanol–water partition coefficient (Wildman–Crippen LogP) is 2.97. The van der Waals surface area contributed by atoms with E-state index in [1.165, 1.54) is 5.56 Å². The summed E-state index contributed by atoms with van der Waals surface area (Å²) in [4.78, 5) is 16.7. The number of methoxy groups -OCH3 is 2. The monoisotopic (exact) mass is 340 g/mol. The van der Waals surface area contributed by atoms with Crippen LogP contribution in [0.15, 0.2) is 36.4 Å².